The Bertz CT molecular complexity index is 1670. The van der Waals surface area contributed by atoms with E-state index in [1.54, 1.807) is 12.1 Å². The first kappa shape index (κ1) is 22.5. The number of halogens is 1. The summed E-state index contributed by atoms with van der Waals surface area (Å²) in [6.07, 6.45) is 0. The molecule has 0 fully saturated rings. The van der Waals surface area contributed by atoms with Crippen LogP contribution in [0.15, 0.2) is 133 Å². The molecule has 4 heteroatoms. The number of hydrogen-bond acceptors (Lipinski definition) is 3. The lowest BCUT2D eigenvalue weighted by Gasteiger charge is -2.11. The molecule has 1 heterocycles. The molecule has 0 radical (unpaired) electrons. The minimum atomic E-state index is -0.381. The molecule has 6 aromatic rings. The van der Waals surface area contributed by atoms with Crippen molar-refractivity contribution in [3.05, 3.63) is 139 Å². The van der Waals surface area contributed by atoms with Crippen molar-refractivity contribution >= 4 is 0 Å². The van der Waals surface area contributed by atoms with E-state index >= 15 is 4.39 Å². The monoisotopic (exact) mass is 479 g/mol. The minimum absolute atomic E-state index is 0.296. The first-order valence-electron chi connectivity index (χ1n) is 12.1. The zero-order valence-electron chi connectivity index (χ0n) is 19.9. The van der Waals surface area contributed by atoms with Crippen LogP contribution >= 0.6 is 0 Å². The highest BCUT2D eigenvalue weighted by Gasteiger charge is 2.16. The van der Waals surface area contributed by atoms with Gasteiger partial charge in [0, 0.05) is 11.1 Å². The standard InChI is InChI=1S/C33H22FN3/c34-30-20-19-27(24-13-6-2-7-14-24)22-29(30)33-36-31(25-15-8-3-9-16-25)35-32(37-33)28-18-10-17-26(21-28)23-11-4-1-5-12-23/h1-22H. The smallest absolute Gasteiger partial charge is 0.167 e. The van der Waals surface area contributed by atoms with Gasteiger partial charge in [0.2, 0.25) is 0 Å². The van der Waals surface area contributed by atoms with E-state index in [-0.39, 0.29) is 5.82 Å². The lowest BCUT2D eigenvalue weighted by Crippen LogP contribution is -2.01. The summed E-state index contributed by atoms with van der Waals surface area (Å²) in [6, 6.07) is 42.9. The molecule has 5 aromatic carbocycles. The van der Waals surface area contributed by atoms with E-state index in [0.29, 0.717) is 23.0 Å². The summed E-state index contributed by atoms with van der Waals surface area (Å²) < 4.78 is 15.2. The van der Waals surface area contributed by atoms with Crippen LogP contribution in [0.4, 0.5) is 4.39 Å². The van der Waals surface area contributed by atoms with Crippen LogP contribution in [0.1, 0.15) is 0 Å². The van der Waals surface area contributed by atoms with Crippen molar-refractivity contribution in [1.82, 2.24) is 15.0 Å². The third kappa shape index (κ3) is 4.78. The topological polar surface area (TPSA) is 38.7 Å². The van der Waals surface area contributed by atoms with Gasteiger partial charge in [-0.25, -0.2) is 19.3 Å². The first-order chi connectivity index (χ1) is 18.2. The molecule has 3 nitrogen and oxygen atoms in total. The fraction of sp³-hybridized carbons (Fsp3) is 0. The third-order valence-corrected chi connectivity index (χ3v) is 6.21. The molecule has 176 valence electrons. The van der Waals surface area contributed by atoms with Crippen molar-refractivity contribution in [1.29, 1.82) is 0 Å². The summed E-state index contributed by atoms with van der Waals surface area (Å²) in [5.41, 5.74) is 6.06. The molecular formula is C33H22FN3. The van der Waals surface area contributed by atoms with E-state index < -0.39 is 0 Å². The van der Waals surface area contributed by atoms with Gasteiger partial charge >= 0.3 is 0 Å². The molecule has 6 rings (SSSR count). The predicted octanol–water partition coefficient (Wildman–Crippen LogP) is 8.35. The highest BCUT2D eigenvalue weighted by atomic mass is 19.1. The van der Waals surface area contributed by atoms with Crippen LogP contribution in [-0.4, -0.2) is 15.0 Å². The van der Waals surface area contributed by atoms with E-state index in [2.05, 4.69) is 24.3 Å². The number of aromatic nitrogens is 3. The summed E-state index contributed by atoms with van der Waals surface area (Å²) in [5.74, 6) is 0.902. The molecule has 0 N–H and O–H groups in total. The van der Waals surface area contributed by atoms with Gasteiger partial charge in [0.25, 0.3) is 0 Å². The quantitative estimate of drug-likeness (QED) is 0.249. The van der Waals surface area contributed by atoms with Crippen LogP contribution in [0, 0.1) is 5.82 Å². The van der Waals surface area contributed by atoms with Gasteiger partial charge in [-0.15, -0.1) is 0 Å². The Morgan fingerprint density at radius 1 is 0.351 bits per heavy atom. The Kier molecular flexibility index (Phi) is 6.05. The van der Waals surface area contributed by atoms with E-state index in [1.165, 1.54) is 6.07 Å². The maximum atomic E-state index is 15.2. The van der Waals surface area contributed by atoms with Crippen molar-refractivity contribution in [2.45, 2.75) is 0 Å². The van der Waals surface area contributed by atoms with Crippen molar-refractivity contribution in [2.75, 3.05) is 0 Å². The van der Waals surface area contributed by atoms with E-state index in [0.717, 1.165) is 33.4 Å². The third-order valence-electron chi connectivity index (χ3n) is 6.21. The second kappa shape index (κ2) is 9.96. The van der Waals surface area contributed by atoms with Gasteiger partial charge in [0.15, 0.2) is 17.5 Å². The van der Waals surface area contributed by atoms with Crippen molar-refractivity contribution in [3.8, 4) is 56.4 Å². The highest BCUT2D eigenvalue weighted by molar-refractivity contribution is 5.74. The molecule has 0 spiro atoms. The summed E-state index contributed by atoms with van der Waals surface area (Å²) in [5, 5.41) is 0. The summed E-state index contributed by atoms with van der Waals surface area (Å²) >= 11 is 0. The Balaban J connectivity index is 1.52. The maximum absolute atomic E-state index is 15.2. The van der Waals surface area contributed by atoms with Gasteiger partial charge in [-0.3, -0.25) is 0 Å². The van der Waals surface area contributed by atoms with E-state index in [9.17, 15) is 0 Å². The lowest BCUT2D eigenvalue weighted by molar-refractivity contribution is 0.630. The second-order valence-corrected chi connectivity index (χ2v) is 8.68. The van der Waals surface area contributed by atoms with Gasteiger partial charge in [-0.1, -0.05) is 115 Å². The van der Waals surface area contributed by atoms with Crippen LogP contribution < -0.4 is 0 Å². The molecule has 0 amide bonds. The number of rotatable bonds is 5. The van der Waals surface area contributed by atoms with Crippen molar-refractivity contribution in [3.63, 3.8) is 0 Å². The van der Waals surface area contributed by atoms with Crippen LogP contribution in [0.5, 0.6) is 0 Å². The second-order valence-electron chi connectivity index (χ2n) is 8.68. The Morgan fingerprint density at radius 2 is 0.811 bits per heavy atom. The zero-order chi connectivity index (χ0) is 25.0. The summed E-state index contributed by atoms with van der Waals surface area (Å²) in [6.45, 7) is 0. The molecule has 0 aliphatic heterocycles. The average Bonchev–Trinajstić information content (AvgIpc) is 2.98. The zero-order valence-corrected chi connectivity index (χ0v) is 19.9. The average molecular weight is 480 g/mol. The molecule has 1 aromatic heterocycles. The van der Waals surface area contributed by atoms with Gasteiger partial charge in [-0.05, 0) is 40.5 Å². The SMILES string of the molecule is Fc1ccc(-c2ccccc2)cc1-c1nc(-c2ccccc2)nc(-c2cccc(-c3ccccc3)c2)n1. The molecule has 0 aliphatic rings. The predicted molar refractivity (Wildman–Crippen MR) is 147 cm³/mol. The van der Waals surface area contributed by atoms with Crippen LogP contribution in [0.3, 0.4) is 0 Å². The first-order valence-corrected chi connectivity index (χ1v) is 12.1. The minimum Gasteiger partial charge on any atom is -0.208 e. The maximum Gasteiger partial charge on any atom is 0.167 e. The van der Waals surface area contributed by atoms with Gasteiger partial charge < -0.3 is 0 Å². The number of hydrogen-bond donors (Lipinski definition) is 0. The molecule has 0 saturated carbocycles. The number of nitrogens with zero attached hydrogens (tertiary/aromatic N) is 3. The fourth-order valence-electron chi connectivity index (χ4n) is 4.32. The molecular weight excluding hydrogens is 457 g/mol. The molecule has 0 bridgehead atoms. The van der Waals surface area contributed by atoms with Crippen LogP contribution in [0.2, 0.25) is 0 Å². The number of benzene rings is 5. The molecule has 0 saturated heterocycles. The van der Waals surface area contributed by atoms with Crippen LogP contribution in [-0.2, 0) is 0 Å². The summed E-state index contributed by atoms with van der Waals surface area (Å²) in [4.78, 5) is 14.3. The molecule has 0 aliphatic carbocycles. The molecule has 0 atom stereocenters. The fourth-order valence-corrected chi connectivity index (χ4v) is 4.32. The largest absolute Gasteiger partial charge is 0.208 e. The van der Waals surface area contributed by atoms with Gasteiger partial charge in [0.1, 0.15) is 5.82 Å². The Hall–Kier alpha value is -4.96. The van der Waals surface area contributed by atoms with Crippen LogP contribution in [0.25, 0.3) is 56.4 Å². The molecule has 37 heavy (non-hydrogen) atoms. The van der Waals surface area contributed by atoms with Crippen molar-refractivity contribution in [2.24, 2.45) is 0 Å². The van der Waals surface area contributed by atoms with Gasteiger partial charge in [-0.2, -0.15) is 0 Å². The normalized spacial score (nSPS) is 10.8. The van der Waals surface area contributed by atoms with Crippen molar-refractivity contribution < 1.29 is 4.39 Å². The Morgan fingerprint density at radius 3 is 1.43 bits per heavy atom. The van der Waals surface area contributed by atoms with E-state index in [1.807, 2.05) is 91.0 Å². The Labute approximate surface area is 215 Å². The summed E-state index contributed by atoms with van der Waals surface area (Å²) in [7, 11) is 0. The van der Waals surface area contributed by atoms with E-state index in [4.69, 9.17) is 15.0 Å². The highest BCUT2D eigenvalue weighted by Crippen LogP contribution is 2.31. The lowest BCUT2D eigenvalue weighted by atomic mass is 10.0. The molecule has 0 unspecified atom stereocenters. The van der Waals surface area contributed by atoms with Gasteiger partial charge in [0.05, 0.1) is 5.56 Å².